The summed E-state index contributed by atoms with van der Waals surface area (Å²) in [6.07, 6.45) is 1.50. The number of hydrogen-bond acceptors (Lipinski definition) is 9. The molecule has 3 heterocycles. The molecule has 2 aliphatic heterocycles. The van der Waals surface area contributed by atoms with Crippen LogP contribution in [0.15, 0.2) is 77.6 Å². The molecular weight excluding hydrogens is 549 g/mol. The van der Waals surface area contributed by atoms with E-state index in [0.717, 1.165) is 5.56 Å². The first kappa shape index (κ1) is 28.4. The summed E-state index contributed by atoms with van der Waals surface area (Å²) in [5.41, 5.74) is 2.22. The first-order valence-electron chi connectivity index (χ1n) is 13.1. The van der Waals surface area contributed by atoms with Gasteiger partial charge in [-0.25, -0.2) is 13.9 Å². The van der Waals surface area contributed by atoms with Gasteiger partial charge < -0.3 is 24.4 Å². The Bertz CT molecular complexity index is 1450. The third-order valence-corrected chi connectivity index (χ3v) is 7.51. The number of fused-ring (bicyclic) bond motifs is 1. The summed E-state index contributed by atoms with van der Waals surface area (Å²) < 4.78 is 32.2. The molecule has 10 nitrogen and oxygen atoms in total. The van der Waals surface area contributed by atoms with Crippen molar-refractivity contribution in [3.05, 3.63) is 89.4 Å². The van der Waals surface area contributed by atoms with E-state index in [4.69, 9.17) is 14.2 Å². The Balaban J connectivity index is 1.37. The van der Waals surface area contributed by atoms with Crippen LogP contribution in [0.5, 0.6) is 5.75 Å². The molecule has 0 aliphatic carbocycles. The predicted octanol–water partition coefficient (Wildman–Crippen LogP) is 3.97. The maximum Gasteiger partial charge on any atom is 0.338 e. The Morgan fingerprint density at radius 2 is 1.95 bits per heavy atom. The molecule has 41 heavy (non-hydrogen) atoms. The monoisotopic (exact) mass is 579 g/mol. The molecule has 1 unspecified atom stereocenters. The average molecular weight is 580 g/mol. The summed E-state index contributed by atoms with van der Waals surface area (Å²) in [6.45, 7) is 7.51. The summed E-state index contributed by atoms with van der Waals surface area (Å²) in [7, 11) is 0. The van der Waals surface area contributed by atoms with Crippen LogP contribution >= 0.6 is 11.8 Å². The Morgan fingerprint density at radius 1 is 1.20 bits per heavy atom. The number of amides is 1. The zero-order chi connectivity index (χ0) is 28.8. The average Bonchev–Trinajstić information content (AvgIpc) is 3.40. The quantitative estimate of drug-likeness (QED) is 0.217. The van der Waals surface area contributed by atoms with E-state index in [9.17, 15) is 14.0 Å². The number of anilines is 1. The largest absolute Gasteiger partial charge is 0.484 e. The molecule has 1 atom stereocenters. The molecule has 1 amide bonds. The smallest absolute Gasteiger partial charge is 0.338 e. The van der Waals surface area contributed by atoms with Crippen LogP contribution < -0.4 is 10.1 Å². The normalized spacial score (nSPS) is 16.5. The Hall–Kier alpha value is -4.16. The third kappa shape index (κ3) is 6.60. The highest BCUT2D eigenvalue weighted by Crippen LogP contribution is 2.37. The van der Waals surface area contributed by atoms with Gasteiger partial charge in [0.2, 0.25) is 11.1 Å². The number of nitrogens with one attached hydrogen (secondary N) is 1. The van der Waals surface area contributed by atoms with Crippen molar-refractivity contribution in [2.45, 2.75) is 23.9 Å². The standard InChI is InChI=1S/C29H30FN5O5S/c1-3-14-39-27(37)25-19(2)31-28-32-29(41-18-21-6-4-5-7-23(21)30)33-35(28)26(25)20-8-10-22(11-9-20)40-17-24(36)34-12-15-38-16-13-34/h3-11,26H,1,12-18H2,2H3,(H,31,32,33). The molecule has 2 aliphatic rings. The molecule has 3 aromatic rings. The van der Waals surface area contributed by atoms with Crippen LogP contribution in [-0.2, 0) is 24.8 Å². The van der Waals surface area contributed by atoms with Crippen LogP contribution in [-0.4, -0.2) is 71.1 Å². The lowest BCUT2D eigenvalue weighted by Gasteiger charge is -2.28. The van der Waals surface area contributed by atoms with Crippen LogP contribution in [0, 0.1) is 5.82 Å². The number of carbonyl (C=O) groups is 2. The molecule has 5 rings (SSSR count). The van der Waals surface area contributed by atoms with Crippen molar-refractivity contribution >= 4 is 29.6 Å². The van der Waals surface area contributed by atoms with E-state index in [1.54, 1.807) is 46.8 Å². The fraction of sp³-hybridized carbons (Fsp3) is 0.310. The van der Waals surface area contributed by atoms with Gasteiger partial charge in [0.15, 0.2) is 6.61 Å². The molecule has 1 fully saturated rings. The van der Waals surface area contributed by atoms with Gasteiger partial charge in [0.25, 0.3) is 5.91 Å². The summed E-state index contributed by atoms with van der Waals surface area (Å²) in [5, 5.41) is 8.24. The number of morpholine rings is 1. The molecule has 2 aromatic carbocycles. The fourth-order valence-corrected chi connectivity index (χ4v) is 5.35. The van der Waals surface area contributed by atoms with Gasteiger partial charge in [0.1, 0.15) is 24.2 Å². The number of hydrogen-bond donors (Lipinski definition) is 1. The summed E-state index contributed by atoms with van der Waals surface area (Å²) in [4.78, 5) is 31.9. The Morgan fingerprint density at radius 3 is 2.68 bits per heavy atom. The van der Waals surface area contributed by atoms with Gasteiger partial charge in [-0.1, -0.05) is 54.7 Å². The minimum atomic E-state index is -0.650. The minimum absolute atomic E-state index is 0.0558. The third-order valence-electron chi connectivity index (χ3n) is 6.62. The summed E-state index contributed by atoms with van der Waals surface area (Å²) in [5.74, 6) is 0.392. The zero-order valence-corrected chi connectivity index (χ0v) is 23.4. The van der Waals surface area contributed by atoms with Crippen molar-refractivity contribution < 1.29 is 28.2 Å². The first-order chi connectivity index (χ1) is 19.9. The number of rotatable bonds is 10. The van der Waals surface area contributed by atoms with Crippen LogP contribution in [0.1, 0.15) is 24.1 Å². The van der Waals surface area contributed by atoms with Crippen molar-refractivity contribution in [2.75, 3.05) is 44.8 Å². The van der Waals surface area contributed by atoms with Crippen molar-refractivity contribution in [1.82, 2.24) is 19.7 Å². The van der Waals surface area contributed by atoms with E-state index >= 15 is 0 Å². The second-order valence-corrected chi connectivity index (χ2v) is 10.3. The number of ether oxygens (including phenoxy) is 3. The minimum Gasteiger partial charge on any atom is -0.484 e. The Kier molecular flexibility index (Phi) is 9.00. The molecule has 0 saturated carbocycles. The predicted molar refractivity (Wildman–Crippen MR) is 151 cm³/mol. The molecule has 1 saturated heterocycles. The van der Waals surface area contributed by atoms with Crippen molar-refractivity contribution in [1.29, 1.82) is 0 Å². The van der Waals surface area contributed by atoms with Gasteiger partial charge in [-0.15, -0.1) is 5.10 Å². The van der Waals surface area contributed by atoms with E-state index in [-0.39, 0.29) is 24.9 Å². The number of carbonyl (C=O) groups excluding carboxylic acids is 2. The first-order valence-corrected chi connectivity index (χ1v) is 14.1. The number of benzene rings is 2. The van der Waals surface area contributed by atoms with Gasteiger partial charge in [-0.3, -0.25) is 4.79 Å². The topological polar surface area (TPSA) is 108 Å². The SMILES string of the molecule is C=CCOC(=O)C1=C(C)Nc2nc(SCc3ccccc3F)nn2C1c1ccc(OCC(=O)N2CCOCC2)cc1. The second kappa shape index (κ2) is 13.0. The maximum atomic E-state index is 14.1. The molecule has 0 radical (unpaired) electrons. The highest BCUT2D eigenvalue weighted by atomic mass is 32.2. The highest BCUT2D eigenvalue weighted by molar-refractivity contribution is 7.98. The van der Waals surface area contributed by atoms with Crippen molar-refractivity contribution in [3.8, 4) is 5.75 Å². The van der Waals surface area contributed by atoms with Gasteiger partial charge in [0, 0.05) is 24.5 Å². The lowest BCUT2D eigenvalue weighted by Crippen LogP contribution is -2.42. The van der Waals surface area contributed by atoms with Crippen molar-refractivity contribution in [2.24, 2.45) is 0 Å². The summed E-state index contributed by atoms with van der Waals surface area (Å²) >= 11 is 1.29. The van der Waals surface area contributed by atoms with E-state index in [0.29, 0.717) is 65.7 Å². The highest BCUT2D eigenvalue weighted by Gasteiger charge is 2.35. The van der Waals surface area contributed by atoms with E-state index in [1.807, 2.05) is 12.1 Å². The second-order valence-electron chi connectivity index (χ2n) is 9.35. The molecule has 12 heteroatoms. The van der Waals surface area contributed by atoms with Gasteiger partial charge in [0.05, 0.1) is 18.8 Å². The van der Waals surface area contributed by atoms with E-state index in [2.05, 4.69) is 22.0 Å². The van der Waals surface area contributed by atoms with Gasteiger partial charge in [-0.05, 0) is 36.2 Å². The number of aromatic nitrogens is 3. The van der Waals surface area contributed by atoms with E-state index in [1.165, 1.54) is 23.9 Å². The number of allylic oxidation sites excluding steroid dienone is 1. The number of halogens is 1. The molecule has 214 valence electrons. The number of nitrogens with zero attached hydrogens (tertiary/aromatic N) is 4. The maximum absolute atomic E-state index is 14.1. The fourth-order valence-electron chi connectivity index (χ4n) is 4.53. The molecule has 0 bridgehead atoms. The molecular formula is C29H30FN5O5S. The molecule has 1 aromatic heterocycles. The lowest BCUT2D eigenvalue weighted by atomic mass is 9.96. The van der Waals surface area contributed by atoms with Crippen molar-refractivity contribution in [3.63, 3.8) is 0 Å². The van der Waals surface area contributed by atoms with Crippen LogP contribution in [0.3, 0.4) is 0 Å². The van der Waals surface area contributed by atoms with Crippen LogP contribution in [0.4, 0.5) is 10.3 Å². The lowest BCUT2D eigenvalue weighted by molar-refractivity contribution is -0.138. The van der Waals surface area contributed by atoms with Crippen LogP contribution in [0.25, 0.3) is 0 Å². The molecule has 0 spiro atoms. The number of esters is 1. The summed E-state index contributed by atoms with van der Waals surface area (Å²) in [6, 6.07) is 13.0. The van der Waals surface area contributed by atoms with Gasteiger partial charge in [-0.2, -0.15) is 4.98 Å². The molecule has 1 N–H and O–H groups in total. The zero-order valence-electron chi connectivity index (χ0n) is 22.5. The van der Waals surface area contributed by atoms with Gasteiger partial charge >= 0.3 is 5.97 Å². The number of thioether (sulfide) groups is 1. The van der Waals surface area contributed by atoms with E-state index < -0.39 is 12.0 Å². The Labute approximate surface area is 241 Å². The van der Waals surface area contributed by atoms with Crippen LogP contribution in [0.2, 0.25) is 0 Å².